The first kappa shape index (κ1) is 19.4. The smallest absolute Gasteiger partial charge is 0.504 e. The van der Waals surface area contributed by atoms with Gasteiger partial charge in [-0.2, -0.15) is 0 Å². The van der Waals surface area contributed by atoms with Crippen molar-refractivity contribution < 1.29 is 9.68 Å². The lowest BCUT2D eigenvalue weighted by Crippen LogP contribution is -2.26. The fraction of sp³-hybridized carbons (Fsp3) is 0.0323. The first-order valence-electron chi connectivity index (χ1n) is 11.6. The van der Waals surface area contributed by atoms with Gasteiger partial charge in [-0.25, -0.2) is 0 Å². The summed E-state index contributed by atoms with van der Waals surface area (Å²) in [4.78, 5) is 0. The van der Waals surface area contributed by atoms with E-state index in [1.807, 2.05) is 18.2 Å². The summed E-state index contributed by atoms with van der Waals surface area (Å²) in [6.07, 6.45) is 0. The van der Waals surface area contributed by atoms with Crippen LogP contribution < -0.4 is 4.65 Å². The lowest BCUT2D eigenvalue weighted by molar-refractivity contribution is 0.454. The standard InChI is InChI=1S/C31H21BO2/c33-32-34-21-10-7-9-20(19-21)22-14-8-15-26-25-13-3-6-18-29(25)31(30(22)26)27-16-4-1-11-23(27)24-12-2-5-17-28(24)31/h1-19,32-33H. The summed E-state index contributed by atoms with van der Waals surface area (Å²) in [5.41, 5.74) is 12.3. The summed E-state index contributed by atoms with van der Waals surface area (Å²) in [6.45, 7) is 0. The van der Waals surface area contributed by atoms with Gasteiger partial charge >= 0.3 is 7.69 Å². The van der Waals surface area contributed by atoms with Crippen LogP contribution in [-0.2, 0) is 5.41 Å². The van der Waals surface area contributed by atoms with Crippen molar-refractivity contribution in [3.8, 4) is 39.1 Å². The molecule has 1 spiro atoms. The molecular weight excluding hydrogens is 415 g/mol. The van der Waals surface area contributed by atoms with E-state index in [1.54, 1.807) is 0 Å². The predicted octanol–water partition coefficient (Wildman–Crippen LogP) is 6.33. The van der Waals surface area contributed by atoms with Crippen LogP contribution in [-0.4, -0.2) is 12.7 Å². The number of hydrogen-bond acceptors (Lipinski definition) is 2. The van der Waals surface area contributed by atoms with Crippen molar-refractivity contribution in [3.63, 3.8) is 0 Å². The summed E-state index contributed by atoms with van der Waals surface area (Å²) in [5, 5.41) is 9.32. The van der Waals surface area contributed by atoms with Gasteiger partial charge in [-0.1, -0.05) is 103 Å². The van der Waals surface area contributed by atoms with Gasteiger partial charge < -0.3 is 9.68 Å². The van der Waals surface area contributed by atoms with Crippen LogP contribution in [0.15, 0.2) is 115 Å². The second kappa shape index (κ2) is 7.21. The minimum absolute atomic E-state index is 0.341. The molecule has 0 fully saturated rings. The topological polar surface area (TPSA) is 29.5 Å². The van der Waals surface area contributed by atoms with Crippen molar-refractivity contribution >= 4 is 7.69 Å². The van der Waals surface area contributed by atoms with E-state index in [0.29, 0.717) is 5.75 Å². The Hall–Kier alpha value is -4.08. The fourth-order valence-corrected chi connectivity index (χ4v) is 6.22. The van der Waals surface area contributed by atoms with Crippen molar-refractivity contribution in [1.82, 2.24) is 0 Å². The third kappa shape index (κ3) is 2.40. The quantitative estimate of drug-likeness (QED) is 0.328. The summed E-state index contributed by atoms with van der Waals surface area (Å²) < 4.78 is 5.43. The highest BCUT2D eigenvalue weighted by molar-refractivity contribution is 6.17. The molecular formula is C31H21BO2. The van der Waals surface area contributed by atoms with Crippen molar-refractivity contribution in [1.29, 1.82) is 0 Å². The minimum atomic E-state index is -0.385. The molecule has 0 bridgehead atoms. The molecule has 5 aromatic carbocycles. The van der Waals surface area contributed by atoms with Crippen LogP contribution in [0.1, 0.15) is 22.3 Å². The molecule has 160 valence electrons. The average Bonchev–Trinajstić information content (AvgIpc) is 3.37. The van der Waals surface area contributed by atoms with Gasteiger partial charge in [0.05, 0.1) is 5.41 Å². The van der Waals surface area contributed by atoms with Gasteiger partial charge in [0.15, 0.2) is 0 Å². The Labute approximate surface area is 199 Å². The molecule has 1 N–H and O–H groups in total. The SMILES string of the molecule is OBOc1cccc(-c2cccc3c2C2(c4ccccc4-c4ccccc42)c2ccccc2-3)c1. The number of benzene rings is 5. The maximum atomic E-state index is 9.32. The molecule has 7 rings (SSSR count). The number of rotatable bonds is 3. The lowest BCUT2D eigenvalue weighted by atomic mass is 9.68. The van der Waals surface area contributed by atoms with E-state index in [0.717, 1.165) is 5.56 Å². The highest BCUT2D eigenvalue weighted by atomic mass is 16.5. The molecule has 2 nitrogen and oxygen atoms in total. The maximum absolute atomic E-state index is 9.32. The van der Waals surface area contributed by atoms with Crippen molar-refractivity contribution in [2.45, 2.75) is 5.41 Å². The van der Waals surface area contributed by atoms with Crippen LogP contribution >= 0.6 is 0 Å². The zero-order valence-electron chi connectivity index (χ0n) is 18.5. The summed E-state index contributed by atoms with van der Waals surface area (Å²) in [7, 11) is -0.341. The molecule has 2 aliphatic rings. The second-order valence-corrected chi connectivity index (χ2v) is 8.92. The number of fused-ring (bicyclic) bond motifs is 10. The van der Waals surface area contributed by atoms with Gasteiger partial charge in [0, 0.05) is 0 Å². The van der Waals surface area contributed by atoms with Gasteiger partial charge in [0.2, 0.25) is 0 Å². The van der Waals surface area contributed by atoms with Crippen LogP contribution in [0.25, 0.3) is 33.4 Å². The Morgan fingerprint density at radius 3 is 1.65 bits per heavy atom. The maximum Gasteiger partial charge on any atom is 0.504 e. The van der Waals surface area contributed by atoms with E-state index in [1.165, 1.54) is 50.1 Å². The molecule has 0 radical (unpaired) electrons. The Balaban J connectivity index is 1.64. The summed E-state index contributed by atoms with van der Waals surface area (Å²) in [6, 6.07) is 41.2. The molecule has 5 aromatic rings. The molecule has 0 unspecified atom stereocenters. The third-order valence-corrected chi connectivity index (χ3v) is 7.39. The van der Waals surface area contributed by atoms with E-state index in [4.69, 9.17) is 4.65 Å². The first-order chi connectivity index (χ1) is 16.8. The van der Waals surface area contributed by atoms with E-state index >= 15 is 0 Å². The Kier molecular flexibility index (Phi) is 4.11. The van der Waals surface area contributed by atoms with Crippen LogP contribution in [0.4, 0.5) is 0 Å². The van der Waals surface area contributed by atoms with Crippen molar-refractivity contribution in [2.75, 3.05) is 0 Å². The fourth-order valence-electron chi connectivity index (χ4n) is 6.22. The average molecular weight is 436 g/mol. The van der Waals surface area contributed by atoms with Gasteiger partial charge in [-0.05, 0) is 67.8 Å². The lowest BCUT2D eigenvalue weighted by Gasteiger charge is -2.32. The zero-order valence-corrected chi connectivity index (χ0v) is 18.5. The van der Waals surface area contributed by atoms with E-state index in [2.05, 4.69) is 97.1 Å². The first-order valence-corrected chi connectivity index (χ1v) is 11.6. The molecule has 0 saturated carbocycles. The van der Waals surface area contributed by atoms with E-state index < -0.39 is 0 Å². The van der Waals surface area contributed by atoms with Crippen molar-refractivity contribution in [2.24, 2.45) is 0 Å². The predicted molar refractivity (Wildman–Crippen MR) is 138 cm³/mol. The van der Waals surface area contributed by atoms with Crippen LogP contribution in [0.3, 0.4) is 0 Å². The van der Waals surface area contributed by atoms with Crippen LogP contribution in [0, 0.1) is 0 Å². The van der Waals surface area contributed by atoms with Gasteiger partial charge in [-0.15, -0.1) is 0 Å². The molecule has 34 heavy (non-hydrogen) atoms. The molecule has 0 saturated heterocycles. The third-order valence-electron chi connectivity index (χ3n) is 7.39. The van der Waals surface area contributed by atoms with E-state index in [-0.39, 0.29) is 13.1 Å². The van der Waals surface area contributed by atoms with Gasteiger partial charge in [-0.3, -0.25) is 0 Å². The summed E-state index contributed by atoms with van der Waals surface area (Å²) >= 11 is 0. The Morgan fingerprint density at radius 2 is 1.03 bits per heavy atom. The number of hydrogen-bond donors (Lipinski definition) is 1. The van der Waals surface area contributed by atoms with E-state index in [9.17, 15) is 5.02 Å². The second-order valence-electron chi connectivity index (χ2n) is 8.92. The highest BCUT2D eigenvalue weighted by Crippen LogP contribution is 2.64. The molecule has 0 atom stereocenters. The summed E-state index contributed by atoms with van der Waals surface area (Å²) in [5.74, 6) is 0.661. The Morgan fingerprint density at radius 1 is 0.529 bits per heavy atom. The van der Waals surface area contributed by atoms with Crippen molar-refractivity contribution in [3.05, 3.63) is 138 Å². The zero-order chi connectivity index (χ0) is 22.7. The molecule has 0 heterocycles. The molecule has 0 aliphatic heterocycles. The Bertz CT molecular complexity index is 1520. The minimum Gasteiger partial charge on any atom is -0.539 e. The van der Waals surface area contributed by atoms with Crippen LogP contribution in [0.5, 0.6) is 5.75 Å². The highest BCUT2D eigenvalue weighted by Gasteiger charge is 2.52. The monoisotopic (exact) mass is 436 g/mol. The molecule has 0 amide bonds. The molecule has 0 aromatic heterocycles. The largest absolute Gasteiger partial charge is 0.539 e. The molecule has 2 aliphatic carbocycles. The van der Waals surface area contributed by atoms with Gasteiger partial charge in [0.1, 0.15) is 5.75 Å². The molecule has 3 heteroatoms. The van der Waals surface area contributed by atoms with Gasteiger partial charge in [0.25, 0.3) is 0 Å². The normalized spacial score (nSPS) is 13.7. The van der Waals surface area contributed by atoms with Crippen LogP contribution in [0.2, 0.25) is 0 Å².